The van der Waals surface area contributed by atoms with Crippen LogP contribution in [0.5, 0.6) is 5.88 Å². The molecule has 1 unspecified atom stereocenters. The van der Waals surface area contributed by atoms with E-state index >= 15 is 0 Å². The second kappa shape index (κ2) is 5.16. The molecule has 0 aliphatic carbocycles. The molecule has 1 aromatic rings. The van der Waals surface area contributed by atoms with Crippen LogP contribution in [0.2, 0.25) is 0 Å². The fourth-order valence-corrected chi connectivity index (χ4v) is 2.20. The van der Waals surface area contributed by atoms with Crippen LogP contribution in [-0.2, 0) is 0 Å². The van der Waals surface area contributed by atoms with Crippen LogP contribution in [0.3, 0.4) is 0 Å². The summed E-state index contributed by atoms with van der Waals surface area (Å²) in [6.07, 6.45) is 4.25. The van der Waals surface area contributed by atoms with E-state index < -0.39 is 0 Å². The first kappa shape index (κ1) is 11.2. The predicted octanol–water partition coefficient (Wildman–Crippen LogP) is 1.27. The average Bonchev–Trinajstić information content (AvgIpc) is 2.39. The molecule has 0 aromatic carbocycles. The molecular formula is C12H19N3O. The van der Waals surface area contributed by atoms with Crippen molar-refractivity contribution in [3.05, 3.63) is 18.3 Å². The van der Waals surface area contributed by atoms with Gasteiger partial charge >= 0.3 is 0 Å². The smallest absolute Gasteiger partial charge is 0.214 e. The number of hydrogen-bond donors (Lipinski definition) is 1. The summed E-state index contributed by atoms with van der Waals surface area (Å²) in [6, 6.07) is 4.01. The quantitative estimate of drug-likeness (QED) is 0.835. The molecule has 1 saturated heterocycles. The van der Waals surface area contributed by atoms with E-state index in [1.165, 1.54) is 18.5 Å². The van der Waals surface area contributed by atoms with Crippen LogP contribution in [-0.4, -0.2) is 31.7 Å². The van der Waals surface area contributed by atoms with Gasteiger partial charge in [-0.25, -0.2) is 4.98 Å². The molecule has 2 heterocycles. The standard InChI is InChI=1S/C12H19N3O/c1-16-12-7-11(4-5-14-12)15-6-2-3-10(8-13)9-15/h4-5,7,10H,2-3,6,8-9,13H2,1H3. The fraction of sp³-hybridized carbons (Fsp3) is 0.583. The molecule has 0 radical (unpaired) electrons. The van der Waals surface area contributed by atoms with E-state index in [1.807, 2.05) is 12.1 Å². The van der Waals surface area contributed by atoms with Crippen LogP contribution in [0.1, 0.15) is 12.8 Å². The van der Waals surface area contributed by atoms with Crippen LogP contribution >= 0.6 is 0 Å². The van der Waals surface area contributed by atoms with Crippen molar-refractivity contribution in [3.8, 4) is 5.88 Å². The van der Waals surface area contributed by atoms with Crippen molar-refractivity contribution >= 4 is 5.69 Å². The Labute approximate surface area is 96.4 Å². The first-order chi connectivity index (χ1) is 7.83. The van der Waals surface area contributed by atoms with Gasteiger partial charge in [0.1, 0.15) is 0 Å². The summed E-state index contributed by atoms with van der Waals surface area (Å²) in [5.74, 6) is 1.29. The number of nitrogens with two attached hydrogens (primary N) is 1. The summed E-state index contributed by atoms with van der Waals surface area (Å²) < 4.78 is 5.14. The van der Waals surface area contributed by atoms with E-state index in [0.29, 0.717) is 11.8 Å². The number of piperidine rings is 1. The zero-order valence-electron chi connectivity index (χ0n) is 9.72. The molecule has 4 nitrogen and oxygen atoms in total. The molecule has 0 bridgehead atoms. The topological polar surface area (TPSA) is 51.4 Å². The SMILES string of the molecule is COc1cc(N2CCCC(CN)C2)ccn1. The van der Waals surface area contributed by atoms with Gasteiger partial charge in [-0.05, 0) is 31.4 Å². The van der Waals surface area contributed by atoms with Gasteiger partial charge in [0, 0.05) is 31.0 Å². The van der Waals surface area contributed by atoms with Crippen LogP contribution in [0.25, 0.3) is 0 Å². The molecule has 1 aliphatic heterocycles. The van der Waals surface area contributed by atoms with E-state index in [4.69, 9.17) is 10.5 Å². The highest BCUT2D eigenvalue weighted by Crippen LogP contribution is 2.24. The normalized spacial score (nSPS) is 20.9. The third-order valence-corrected chi connectivity index (χ3v) is 3.15. The lowest BCUT2D eigenvalue weighted by Gasteiger charge is -2.33. The van der Waals surface area contributed by atoms with E-state index in [0.717, 1.165) is 19.6 Å². The minimum absolute atomic E-state index is 0.618. The number of pyridine rings is 1. The van der Waals surface area contributed by atoms with Crippen molar-refractivity contribution in [2.75, 3.05) is 31.6 Å². The van der Waals surface area contributed by atoms with Crippen molar-refractivity contribution in [1.82, 2.24) is 4.98 Å². The van der Waals surface area contributed by atoms with Crippen molar-refractivity contribution in [3.63, 3.8) is 0 Å². The fourth-order valence-electron chi connectivity index (χ4n) is 2.20. The molecule has 0 saturated carbocycles. The van der Waals surface area contributed by atoms with Gasteiger partial charge in [-0.2, -0.15) is 0 Å². The van der Waals surface area contributed by atoms with Crippen LogP contribution in [0.15, 0.2) is 18.3 Å². The Morgan fingerprint density at radius 2 is 2.50 bits per heavy atom. The van der Waals surface area contributed by atoms with Gasteiger partial charge < -0.3 is 15.4 Å². The number of ether oxygens (including phenoxy) is 1. The molecule has 4 heteroatoms. The Morgan fingerprint density at radius 1 is 1.62 bits per heavy atom. The Kier molecular flexibility index (Phi) is 3.62. The van der Waals surface area contributed by atoms with Crippen LogP contribution < -0.4 is 15.4 Å². The van der Waals surface area contributed by atoms with Crippen molar-refractivity contribution in [2.45, 2.75) is 12.8 Å². The van der Waals surface area contributed by atoms with E-state index in [1.54, 1.807) is 13.3 Å². The van der Waals surface area contributed by atoms with Gasteiger partial charge in [0.2, 0.25) is 5.88 Å². The Hall–Kier alpha value is -1.29. The lowest BCUT2D eigenvalue weighted by molar-refractivity contribution is 0.396. The maximum Gasteiger partial charge on any atom is 0.214 e. The first-order valence-electron chi connectivity index (χ1n) is 5.78. The van der Waals surface area contributed by atoms with Gasteiger partial charge in [-0.15, -0.1) is 0 Å². The molecule has 1 fully saturated rings. The highest BCUT2D eigenvalue weighted by atomic mass is 16.5. The number of nitrogens with zero attached hydrogens (tertiary/aromatic N) is 2. The third-order valence-electron chi connectivity index (χ3n) is 3.15. The summed E-state index contributed by atoms with van der Waals surface area (Å²) in [7, 11) is 1.64. The van der Waals surface area contributed by atoms with Gasteiger partial charge in [-0.3, -0.25) is 0 Å². The third kappa shape index (κ3) is 2.44. The Balaban J connectivity index is 2.10. The average molecular weight is 221 g/mol. The molecule has 1 atom stereocenters. The van der Waals surface area contributed by atoms with Crippen LogP contribution in [0, 0.1) is 5.92 Å². The van der Waals surface area contributed by atoms with Crippen molar-refractivity contribution < 1.29 is 4.74 Å². The molecule has 16 heavy (non-hydrogen) atoms. The zero-order chi connectivity index (χ0) is 11.4. The first-order valence-corrected chi connectivity index (χ1v) is 5.78. The number of aromatic nitrogens is 1. The predicted molar refractivity (Wildman–Crippen MR) is 64.8 cm³/mol. The molecule has 2 N–H and O–H groups in total. The lowest BCUT2D eigenvalue weighted by atomic mass is 9.98. The second-order valence-corrected chi connectivity index (χ2v) is 4.25. The van der Waals surface area contributed by atoms with Gasteiger partial charge in [0.05, 0.1) is 7.11 Å². The number of rotatable bonds is 3. The van der Waals surface area contributed by atoms with E-state index in [-0.39, 0.29) is 0 Å². The summed E-state index contributed by atoms with van der Waals surface area (Å²) >= 11 is 0. The minimum atomic E-state index is 0.618. The molecule has 0 spiro atoms. The summed E-state index contributed by atoms with van der Waals surface area (Å²) in [4.78, 5) is 6.48. The Morgan fingerprint density at radius 3 is 3.25 bits per heavy atom. The summed E-state index contributed by atoms with van der Waals surface area (Å²) in [6.45, 7) is 2.92. The minimum Gasteiger partial charge on any atom is -0.481 e. The molecule has 1 aromatic heterocycles. The highest BCUT2D eigenvalue weighted by Gasteiger charge is 2.19. The van der Waals surface area contributed by atoms with Crippen molar-refractivity contribution in [2.24, 2.45) is 11.7 Å². The maximum absolute atomic E-state index is 5.74. The molecule has 88 valence electrons. The van der Waals surface area contributed by atoms with Crippen LogP contribution in [0.4, 0.5) is 5.69 Å². The van der Waals surface area contributed by atoms with E-state index in [9.17, 15) is 0 Å². The number of anilines is 1. The molecule has 1 aliphatic rings. The second-order valence-electron chi connectivity index (χ2n) is 4.25. The van der Waals surface area contributed by atoms with Gasteiger partial charge in [0.15, 0.2) is 0 Å². The van der Waals surface area contributed by atoms with E-state index in [2.05, 4.69) is 9.88 Å². The monoisotopic (exact) mass is 221 g/mol. The number of hydrogen-bond acceptors (Lipinski definition) is 4. The number of methoxy groups -OCH3 is 1. The molecular weight excluding hydrogens is 202 g/mol. The van der Waals surface area contributed by atoms with Gasteiger partial charge in [0.25, 0.3) is 0 Å². The summed E-state index contributed by atoms with van der Waals surface area (Å²) in [5.41, 5.74) is 6.92. The summed E-state index contributed by atoms with van der Waals surface area (Å²) in [5, 5.41) is 0. The molecule has 0 amide bonds. The maximum atomic E-state index is 5.74. The van der Waals surface area contributed by atoms with Crippen molar-refractivity contribution in [1.29, 1.82) is 0 Å². The lowest BCUT2D eigenvalue weighted by Crippen LogP contribution is -2.38. The zero-order valence-corrected chi connectivity index (χ0v) is 9.72. The highest BCUT2D eigenvalue weighted by molar-refractivity contribution is 5.48. The van der Waals surface area contributed by atoms with Gasteiger partial charge in [-0.1, -0.05) is 0 Å². The molecule has 2 rings (SSSR count). The largest absolute Gasteiger partial charge is 0.481 e. The Bertz CT molecular complexity index is 343.